The number of halogens is 2. The second kappa shape index (κ2) is 6.33. The number of nitrogens with zero attached hydrogens (tertiary/aromatic N) is 1. The molecule has 0 aliphatic rings. The van der Waals surface area contributed by atoms with Crippen LogP contribution in [0, 0.1) is 17.1 Å². The molecule has 2 aromatic carbocycles. The van der Waals surface area contributed by atoms with Crippen LogP contribution >= 0.6 is 11.6 Å². The van der Waals surface area contributed by atoms with E-state index in [4.69, 9.17) is 16.9 Å². The largest absolute Gasteiger partial charge is 0.309 e. The molecule has 1 N–H and O–H groups in total. The zero-order valence-electron chi connectivity index (χ0n) is 10.2. The molecule has 2 nitrogen and oxygen atoms in total. The van der Waals surface area contributed by atoms with Crippen molar-refractivity contribution >= 4 is 11.6 Å². The van der Waals surface area contributed by atoms with Crippen LogP contribution in [0.15, 0.2) is 42.5 Å². The van der Waals surface area contributed by atoms with Gasteiger partial charge in [0, 0.05) is 13.1 Å². The van der Waals surface area contributed by atoms with Gasteiger partial charge in [0.2, 0.25) is 0 Å². The van der Waals surface area contributed by atoms with E-state index >= 15 is 0 Å². The number of nitriles is 1. The molecule has 0 heterocycles. The number of rotatable bonds is 4. The fourth-order valence-corrected chi connectivity index (χ4v) is 1.87. The van der Waals surface area contributed by atoms with Crippen LogP contribution in [-0.4, -0.2) is 0 Å². The van der Waals surface area contributed by atoms with Gasteiger partial charge in [-0.1, -0.05) is 29.8 Å². The van der Waals surface area contributed by atoms with Crippen molar-refractivity contribution in [2.45, 2.75) is 13.1 Å². The van der Waals surface area contributed by atoms with Gasteiger partial charge in [0.05, 0.1) is 16.7 Å². The highest BCUT2D eigenvalue weighted by molar-refractivity contribution is 6.30. The summed E-state index contributed by atoms with van der Waals surface area (Å²) >= 11 is 5.62. The Bertz CT molecular complexity index is 620. The lowest BCUT2D eigenvalue weighted by Crippen LogP contribution is -2.12. The number of benzene rings is 2. The predicted molar refractivity (Wildman–Crippen MR) is 73.1 cm³/mol. The third-order valence-electron chi connectivity index (χ3n) is 2.70. The molecule has 2 aromatic rings. The summed E-state index contributed by atoms with van der Waals surface area (Å²) in [4.78, 5) is 0. The first-order valence-corrected chi connectivity index (χ1v) is 6.20. The van der Waals surface area contributed by atoms with Gasteiger partial charge in [-0.2, -0.15) is 5.26 Å². The maximum Gasteiger partial charge on any atom is 0.142 e. The lowest BCUT2D eigenvalue weighted by atomic mass is 10.1. The summed E-state index contributed by atoms with van der Waals surface area (Å²) in [6.45, 7) is 1.17. The fraction of sp³-hybridized carbons (Fsp3) is 0.133. The summed E-state index contributed by atoms with van der Waals surface area (Å²) in [5.41, 5.74) is 2.49. The molecule has 96 valence electrons. The topological polar surface area (TPSA) is 35.8 Å². The van der Waals surface area contributed by atoms with Crippen LogP contribution in [0.5, 0.6) is 0 Å². The number of hydrogen-bond donors (Lipinski definition) is 1. The molecule has 0 fully saturated rings. The maximum atomic E-state index is 13.2. The molecule has 4 heteroatoms. The van der Waals surface area contributed by atoms with Gasteiger partial charge in [0.15, 0.2) is 0 Å². The summed E-state index contributed by atoms with van der Waals surface area (Å²) in [6, 6.07) is 14.2. The van der Waals surface area contributed by atoms with Crippen molar-refractivity contribution in [1.82, 2.24) is 5.32 Å². The molecule has 0 aliphatic carbocycles. The van der Waals surface area contributed by atoms with Crippen molar-refractivity contribution in [3.8, 4) is 6.07 Å². The maximum absolute atomic E-state index is 13.2. The molecule has 0 amide bonds. The van der Waals surface area contributed by atoms with Crippen molar-refractivity contribution in [2.24, 2.45) is 0 Å². The van der Waals surface area contributed by atoms with Crippen molar-refractivity contribution < 1.29 is 4.39 Å². The van der Waals surface area contributed by atoms with Crippen LogP contribution in [-0.2, 0) is 13.1 Å². The Kier molecular flexibility index (Phi) is 4.51. The average molecular weight is 275 g/mol. The van der Waals surface area contributed by atoms with E-state index in [2.05, 4.69) is 11.4 Å². The van der Waals surface area contributed by atoms with E-state index in [0.717, 1.165) is 11.1 Å². The molecule has 0 atom stereocenters. The highest BCUT2D eigenvalue weighted by atomic mass is 35.5. The minimum atomic E-state index is -0.410. The minimum absolute atomic E-state index is 0.130. The van der Waals surface area contributed by atoms with Crippen molar-refractivity contribution in [3.63, 3.8) is 0 Å². The van der Waals surface area contributed by atoms with Gasteiger partial charge < -0.3 is 5.32 Å². The van der Waals surface area contributed by atoms with Gasteiger partial charge in [0.25, 0.3) is 0 Å². The van der Waals surface area contributed by atoms with Crippen LogP contribution in [0.4, 0.5) is 4.39 Å². The van der Waals surface area contributed by atoms with Crippen LogP contribution in [0.1, 0.15) is 16.7 Å². The van der Waals surface area contributed by atoms with E-state index in [1.807, 2.05) is 18.2 Å². The molecule has 19 heavy (non-hydrogen) atoms. The van der Waals surface area contributed by atoms with Crippen molar-refractivity contribution in [1.29, 1.82) is 5.26 Å². The first-order valence-electron chi connectivity index (χ1n) is 5.83. The highest BCUT2D eigenvalue weighted by Crippen LogP contribution is 2.15. The van der Waals surface area contributed by atoms with Gasteiger partial charge >= 0.3 is 0 Å². The Morgan fingerprint density at radius 1 is 1.11 bits per heavy atom. The molecule has 0 saturated carbocycles. The van der Waals surface area contributed by atoms with Gasteiger partial charge in [-0.15, -0.1) is 0 Å². The Balaban J connectivity index is 1.92. The monoisotopic (exact) mass is 274 g/mol. The van der Waals surface area contributed by atoms with Gasteiger partial charge in [0.1, 0.15) is 5.82 Å². The minimum Gasteiger partial charge on any atom is -0.309 e. The first kappa shape index (κ1) is 13.5. The quantitative estimate of drug-likeness (QED) is 0.924. The lowest BCUT2D eigenvalue weighted by molar-refractivity contribution is 0.620. The first-order chi connectivity index (χ1) is 9.19. The van der Waals surface area contributed by atoms with Crippen LogP contribution in [0.2, 0.25) is 5.02 Å². The summed E-state index contributed by atoms with van der Waals surface area (Å²) < 4.78 is 13.2. The molecular weight excluding hydrogens is 263 g/mol. The SMILES string of the molecule is N#Cc1cccc(CNCc2ccc(Cl)c(F)c2)c1. The van der Waals surface area contributed by atoms with Gasteiger partial charge in [-0.3, -0.25) is 0 Å². The second-order valence-electron chi connectivity index (χ2n) is 4.16. The smallest absolute Gasteiger partial charge is 0.142 e. The molecule has 0 saturated heterocycles. The van der Waals surface area contributed by atoms with Crippen molar-refractivity contribution in [3.05, 3.63) is 70.0 Å². The Morgan fingerprint density at radius 2 is 1.84 bits per heavy atom. The van der Waals surface area contributed by atoms with E-state index in [-0.39, 0.29) is 5.02 Å². The van der Waals surface area contributed by atoms with Crippen LogP contribution in [0.3, 0.4) is 0 Å². The molecule has 2 rings (SSSR count). The standard InChI is InChI=1S/C15H12ClFN2/c16-14-5-4-13(7-15(14)17)10-19-9-12-3-1-2-11(6-12)8-18/h1-7,19H,9-10H2. The number of hydrogen-bond acceptors (Lipinski definition) is 2. The zero-order chi connectivity index (χ0) is 13.7. The van der Waals surface area contributed by atoms with Gasteiger partial charge in [-0.05, 0) is 35.4 Å². The molecular formula is C15H12ClFN2. The molecule has 0 radical (unpaired) electrons. The Labute approximate surface area is 116 Å². The molecule has 0 aliphatic heterocycles. The molecule has 0 aromatic heterocycles. The van der Waals surface area contributed by atoms with E-state index in [9.17, 15) is 4.39 Å². The van der Waals surface area contributed by atoms with Gasteiger partial charge in [-0.25, -0.2) is 4.39 Å². The zero-order valence-corrected chi connectivity index (χ0v) is 10.9. The fourth-order valence-electron chi connectivity index (χ4n) is 1.75. The van der Waals surface area contributed by atoms with E-state index in [1.165, 1.54) is 6.07 Å². The van der Waals surface area contributed by atoms with Crippen LogP contribution < -0.4 is 5.32 Å². The predicted octanol–water partition coefficient (Wildman–Crippen LogP) is 3.64. The normalized spacial score (nSPS) is 10.2. The van der Waals surface area contributed by atoms with E-state index < -0.39 is 5.82 Å². The van der Waals surface area contributed by atoms with E-state index in [0.29, 0.717) is 18.7 Å². The molecule has 0 unspecified atom stereocenters. The summed E-state index contributed by atoms with van der Waals surface area (Å²) in [6.07, 6.45) is 0. The molecule has 0 bridgehead atoms. The third-order valence-corrected chi connectivity index (χ3v) is 3.00. The van der Waals surface area contributed by atoms with Crippen LogP contribution in [0.25, 0.3) is 0 Å². The summed E-state index contributed by atoms with van der Waals surface area (Å²) in [5.74, 6) is -0.410. The van der Waals surface area contributed by atoms with E-state index in [1.54, 1.807) is 18.2 Å². The second-order valence-corrected chi connectivity index (χ2v) is 4.57. The molecule has 0 spiro atoms. The highest BCUT2D eigenvalue weighted by Gasteiger charge is 2.01. The average Bonchev–Trinajstić information content (AvgIpc) is 2.43. The number of nitrogens with one attached hydrogen (secondary N) is 1. The Hall–Kier alpha value is -1.89. The third kappa shape index (κ3) is 3.78. The Morgan fingerprint density at radius 3 is 2.53 bits per heavy atom. The summed E-state index contributed by atoms with van der Waals surface area (Å²) in [7, 11) is 0. The van der Waals surface area contributed by atoms with Crippen molar-refractivity contribution in [2.75, 3.05) is 0 Å². The lowest BCUT2D eigenvalue weighted by Gasteiger charge is -2.06. The summed E-state index contributed by atoms with van der Waals surface area (Å²) in [5, 5.41) is 12.1.